The summed E-state index contributed by atoms with van der Waals surface area (Å²) in [4.78, 5) is 15.2. The second-order valence-corrected chi connectivity index (χ2v) is 10.4. The van der Waals surface area contributed by atoms with Crippen molar-refractivity contribution >= 4 is 17.3 Å². The number of nitrogens with one attached hydrogen (secondary N) is 2. The van der Waals surface area contributed by atoms with Crippen LogP contribution in [0.1, 0.15) is 62.9 Å². The van der Waals surface area contributed by atoms with E-state index in [1.54, 1.807) is 24.3 Å². The molecule has 208 valence electrons. The van der Waals surface area contributed by atoms with E-state index in [9.17, 15) is 18.0 Å². The molecule has 0 bridgehead atoms. The van der Waals surface area contributed by atoms with Crippen molar-refractivity contribution < 1.29 is 18.0 Å². The number of anilines is 2. The number of H-pyrrole nitrogens is 1. The molecule has 0 radical (unpaired) electrons. The van der Waals surface area contributed by atoms with Crippen LogP contribution < -0.4 is 16.0 Å². The SMILES string of the molecule is Cc1ccc(C(NCC2CC2)c2cccc(N(C(=O)c3cc(C(F)(F)F)n[nH]3)c3cccc(CN)c3)c2)c(C)c1. The number of aryl methyl sites for hydroxylation is 2. The molecule has 1 unspecified atom stereocenters. The van der Waals surface area contributed by atoms with Gasteiger partial charge in [0.25, 0.3) is 5.91 Å². The highest BCUT2D eigenvalue weighted by atomic mass is 19.4. The van der Waals surface area contributed by atoms with Crippen LogP contribution in [0.4, 0.5) is 24.5 Å². The van der Waals surface area contributed by atoms with E-state index in [4.69, 9.17) is 5.73 Å². The minimum absolute atomic E-state index is 0.127. The third-order valence-corrected chi connectivity index (χ3v) is 7.21. The highest BCUT2D eigenvalue weighted by Gasteiger charge is 2.35. The van der Waals surface area contributed by atoms with Crippen LogP contribution in [0.15, 0.2) is 72.8 Å². The van der Waals surface area contributed by atoms with Gasteiger partial charge >= 0.3 is 6.18 Å². The van der Waals surface area contributed by atoms with Crippen LogP contribution in [0.25, 0.3) is 0 Å². The number of nitrogens with zero attached hydrogens (tertiary/aromatic N) is 2. The Labute approximate surface area is 231 Å². The van der Waals surface area contributed by atoms with Gasteiger partial charge < -0.3 is 11.1 Å². The second-order valence-electron chi connectivity index (χ2n) is 10.4. The molecule has 6 nitrogen and oxygen atoms in total. The van der Waals surface area contributed by atoms with Gasteiger partial charge in [0.05, 0.1) is 6.04 Å². The number of nitrogens with two attached hydrogens (primary N) is 1. The van der Waals surface area contributed by atoms with E-state index in [0.29, 0.717) is 17.3 Å². The van der Waals surface area contributed by atoms with Gasteiger partial charge in [0.2, 0.25) is 0 Å². The van der Waals surface area contributed by atoms with Crippen LogP contribution in [-0.2, 0) is 12.7 Å². The standard InChI is InChI=1S/C31H32F3N5O/c1-19-9-12-26(20(2)13-19)29(36-18-21-10-11-21)23-6-4-8-25(15-23)39(24-7-3-5-22(14-24)17-35)30(40)27-16-28(38-37-27)31(32,33)34/h3-9,12-16,21,29,36H,10-11,17-18,35H2,1-2H3,(H,37,38). The van der Waals surface area contributed by atoms with Crippen LogP contribution in [0.3, 0.4) is 0 Å². The summed E-state index contributed by atoms with van der Waals surface area (Å²) in [6, 6.07) is 21.6. The molecular formula is C31H32F3N5O. The first kappa shape index (κ1) is 27.6. The Morgan fingerprint density at radius 3 is 2.42 bits per heavy atom. The molecule has 1 aliphatic rings. The highest BCUT2D eigenvalue weighted by Crippen LogP contribution is 2.35. The van der Waals surface area contributed by atoms with Crippen molar-refractivity contribution in [3.63, 3.8) is 0 Å². The molecule has 40 heavy (non-hydrogen) atoms. The molecule has 5 rings (SSSR count). The topological polar surface area (TPSA) is 87.0 Å². The van der Waals surface area contributed by atoms with Crippen molar-refractivity contribution in [1.29, 1.82) is 0 Å². The van der Waals surface area contributed by atoms with Crippen molar-refractivity contribution in [3.8, 4) is 0 Å². The highest BCUT2D eigenvalue weighted by molar-refractivity contribution is 6.10. The van der Waals surface area contributed by atoms with Crippen molar-refractivity contribution in [1.82, 2.24) is 15.5 Å². The first-order chi connectivity index (χ1) is 19.1. The number of carbonyl (C=O) groups is 1. The van der Waals surface area contributed by atoms with Crippen molar-refractivity contribution in [3.05, 3.63) is 112 Å². The lowest BCUT2D eigenvalue weighted by Crippen LogP contribution is -2.28. The Bertz CT molecular complexity index is 1510. The van der Waals surface area contributed by atoms with Gasteiger partial charge in [-0.3, -0.25) is 14.8 Å². The number of alkyl halides is 3. The molecule has 1 aliphatic carbocycles. The number of hydrogen-bond donors (Lipinski definition) is 3. The zero-order valence-electron chi connectivity index (χ0n) is 22.4. The summed E-state index contributed by atoms with van der Waals surface area (Å²) in [5.74, 6) is -0.0138. The quantitative estimate of drug-likeness (QED) is 0.221. The van der Waals surface area contributed by atoms with E-state index in [1.807, 2.05) is 24.3 Å². The van der Waals surface area contributed by atoms with Crippen LogP contribution >= 0.6 is 0 Å². The molecule has 1 aromatic heterocycles. The number of benzene rings is 3. The number of halogens is 3. The van der Waals surface area contributed by atoms with E-state index in [1.165, 1.54) is 23.3 Å². The zero-order valence-corrected chi connectivity index (χ0v) is 22.4. The maximum Gasteiger partial charge on any atom is 0.435 e. The normalized spacial score (nSPS) is 14.2. The lowest BCUT2D eigenvalue weighted by molar-refractivity contribution is -0.141. The summed E-state index contributed by atoms with van der Waals surface area (Å²) in [5.41, 5.74) is 10.6. The fraction of sp³-hybridized carbons (Fsp3) is 0.290. The molecule has 1 saturated carbocycles. The molecule has 1 heterocycles. The second kappa shape index (κ2) is 11.3. The van der Waals surface area contributed by atoms with Crippen molar-refractivity contribution in [2.45, 2.75) is 45.5 Å². The Kier molecular flexibility index (Phi) is 7.78. The van der Waals surface area contributed by atoms with Gasteiger partial charge in [0.1, 0.15) is 5.69 Å². The Hall–Kier alpha value is -3.95. The lowest BCUT2D eigenvalue weighted by Gasteiger charge is -2.26. The Morgan fingerprint density at radius 1 is 1.05 bits per heavy atom. The summed E-state index contributed by atoms with van der Waals surface area (Å²) in [7, 11) is 0. The Balaban J connectivity index is 1.58. The van der Waals surface area contributed by atoms with Crippen LogP contribution in [0.2, 0.25) is 0 Å². The van der Waals surface area contributed by atoms with Gasteiger partial charge in [0, 0.05) is 24.0 Å². The number of aromatic nitrogens is 2. The Morgan fingerprint density at radius 2 is 1.77 bits per heavy atom. The van der Waals surface area contributed by atoms with Gasteiger partial charge in [-0.1, -0.05) is 48.0 Å². The minimum atomic E-state index is -4.68. The van der Waals surface area contributed by atoms with Gasteiger partial charge in [-0.05, 0) is 85.7 Å². The average molecular weight is 548 g/mol. The molecular weight excluding hydrogens is 515 g/mol. The fourth-order valence-electron chi connectivity index (χ4n) is 4.91. The van der Waals surface area contributed by atoms with Crippen molar-refractivity contribution in [2.24, 2.45) is 11.7 Å². The smallest absolute Gasteiger partial charge is 0.326 e. The summed E-state index contributed by atoms with van der Waals surface area (Å²) < 4.78 is 39.8. The summed E-state index contributed by atoms with van der Waals surface area (Å²) in [6.07, 6.45) is -2.27. The van der Waals surface area contributed by atoms with Crippen LogP contribution in [0, 0.1) is 19.8 Å². The number of rotatable bonds is 9. The molecule has 3 aromatic carbocycles. The van der Waals surface area contributed by atoms with E-state index in [-0.39, 0.29) is 18.3 Å². The lowest BCUT2D eigenvalue weighted by atomic mass is 9.93. The van der Waals surface area contributed by atoms with Gasteiger partial charge in [0.15, 0.2) is 5.69 Å². The molecule has 4 aromatic rings. The van der Waals surface area contributed by atoms with Gasteiger partial charge in [-0.15, -0.1) is 0 Å². The largest absolute Gasteiger partial charge is 0.435 e. The molecule has 0 spiro atoms. The zero-order chi connectivity index (χ0) is 28.4. The van der Waals surface area contributed by atoms with Crippen molar-refractivity contribution in [2.75, 3.05) is 11.4 Å². The van der Waals surface area contributed by atoms with E-state index in [0.717, 1.165) is 34.9 Å². The maximum absolute atomic E-state index is 13.8. The van der Waals surface area contributed by atoms with Crippen LogP contribution in [0.5, 0.6) is 0 Å². The molecule has 1 amide bonds. The van der Waals surface area contributed by atoms with E-state index >= 15 is 0 Å². The molecule has 9 heteroatoms. The number of hydrogen-bond acceptors (Lipinski definition) is 4. The summed E-state index contributed by atoms with van der Waals surface area (Å²) in [6.45, 7) is 5.26. The van der Waals surface area contributed by atoms with E-state index < -0.39 is 17.8 Å². The predicted molar refractivity (Wildman–Crippen MR) is 149 cm³/mol. The first-order valence-electron chi connectivity index (χ1n) is 13.3. The third-order valence-electron chi connectivity index (χ3n) is 7.21. The number of carbonyl (C=O) groups excluding carboxylic acids is 1. The molecule has 0 aliphatic heterocycles. The predicted octanol–water partition coefficient (Wildman–Crippen LogP) is 6.57. The van der Waals surface area contributed by atoms with Crippen LogP contribution in [-0.4, -0.2) is 22.6 Å². The fourth-order valence-corrected chi connectivity index (χ4v) is 4.91. The molecule has 1 atom stereocenters. The molecule has 0 saturated heterocycles. The van der Waals surface area contributed by atoms with E-state index in [2.05, 4.69) is 47.6 Å². The monoisotopic (exact) mass is 547 g/mol. The first-order valence-corrected chi connectivity index (χ1v) is 13.3. The summed E-state index contributed by atoms with van der Waals surface area (Å²) in [5, 5.41) is 9.33. The maximum atomic E-state index is 13.8. The number of aromatic amines is 1. The third kappa shape index (κ3) is 6.11. The minimum Gasteiger partial charge on any atom is -0.326 e. The average Bonchev–Trinajstić information content (AvgIpc) is 3.61. The van der Waals surface area contributed by atoms with Gasteiger partial charge in [-0.25, -0.2) is 0 Å². The molecule has 1 fully saturated rings. The summed E-state index contributed by atoms with van der Waals surface area (Å²) >= 11 is 0. The van der Waals surface area contributed by atoms with Gasteiger partial charge in [-0.2, -0.15) is 18.3 Å². The molecule has 4 N–H and O–H groups in total. The number of amides is 1.